The molecule has 1 amide bonds. The van der Waals surface area contributed by atoms with Crippen LogP contribution in [0.2, 0.25) is 0 Å². The van der Waals surface area contributed by atoms with Gasteiger partial charge in [-0.15, -0.1) is 0 Å². The molecule has 0 saturated carbocycles. The molecule has 1 aromatic carbocycles. The zero-order valence-corrected chi connectivity index (χ0v) is 12.1. The summed E-state index contributed by atoms with van der Waals surface area (Å²) in [4.78, 5) is 23.6. The lowest BCUT2D eigenvalue weighted by molar-refractivity contribution is -0.124. The molecule has 0 unspecified atom stereocenters. The average molecular weight is 312 g/mol. The predicted octanol–water partition coefficient (Wildman–Crippen LogP) is 3.01. The zero-order valence-electron chi connectivity index (χ0n) is 10.5. The molecule has 0 atom stereocenters. The maximum Gasteiger partial charge on any atom is 0.233 e. The average Bonchev–Trinajstić information content (AvgIpc) is 2.36. The minimum atomic E-state index is -0.625. The fraction of sp³-hybridized carbons (Fsp3) is 0.385. The van der Waals surface area contributed by atoms with Crippen LogP contribution in [0.15, 0.2) is 16.6 Å². The number of fused-ring (bicyclic) bond motifs is 1. The van der Waals surface area contributed by atoms with E-state index >= 15 is 0 Å². The summed E-state index contributed by atoms with van der Waals surface area (Å²) in [5.74, 6) is 0.236. The monoisotopic (exact) mass is 311 g/mol. The van der Waals surface area contributed by atoms with E-state index in [9.17, 15) is 9.59 Å². The van der Waals surface area contributed by atoms with Crippen LogP contribution in [-0.4, -0.2) is 18.3 Å². The van der Waals surface area contributed by atoms with E-state index < -0.39 is 5.41 Å². The van der Waals surface area contributed by atoms with Gasteiger partial charge in [0.15, 0.2) is 11.5 Å². The molecule has 0 spiro atoms. The molecular formula is C13H14BrNO3. The Kier molecular flexibility index (Phi) is 3.19. The normalized spacial score (nSPS) is 17.2. The lowest BCUT2D eigenvalue weighted by Crippen LogP contribution is -2.33. The third-order valence-corrected chi connectivity index (χ3v) is 3.33. The Morgan fingerprint density at radius 3 is 2.72 bits per heavy atom. The molecule has 18 heavy (non-hydrogen) atoms. The third kappa shape index (κ3) is 2.27. The molecule has 5 heteroatoms. The second kappa shape index (κ2) is 4.39. The highest BCUT2D eigenvalue weighted by Crippen LogP contribution is 2.37. The van der Waals surface area contributed by atoms with Gasteiger partial charge in [-0.3, -0.25) is 9.59 Å². The van der Waals surface area contributed by atoms with E-state index in [-0.39, 0.29) is 18.3 Å². The Labute approximate surface area is 114 Å². The van der Waals surface area contributed by atoms with E-state index in [1.165, 1.54) is 6.92 Å². The smallest absolute Gasteiger partial charge is 0.233 e. The summed E-state index contributed by atoms with van der Waals surface area (Å²) in [7, 11) is 0. The van der Waals surface area contributed by atoms with Crippen LogP contribution >= 0.6 is 15.9 Å². The zero-order chi connectivity index (χ0) is 13.5. The first-order chi connectivity index (χ1) is 8.31. The maximum atomic E-state index is 12.0. The van der Waals surface area contributed by atoms with Gasteiger partial charge in [0.05, 0.1) is 16.7 Å². The van der Waals surface area contributed by atoms with Crippen molar-refractivity contribution >= 4 is 33.3 Å². The third-order valence-electron chi connectivity index (χ3n) is 2.87. The molecule has 0 radical (unpaired) electrons. The van der Waals surface area contributed by atoms with Crippen LogP contribution in [0.4, 0.5) is 5.69 Å². The molecule has 1 aromatic rings. The van der Waals surface area contributed by atoms with Gasteiger partial charge in [0.2, 0.25) is 5.91 Å². The molecule has 0 saturated heterocycles. The van der Waals surface area contributed by atoms with Crippen LogP contribution in [0, 0.1) is 5.41 Å². The van der Waals surface area contributed by atoms with Crippen molar-refractivity contribution in [2.45, 2.75) is 20.8 Å². The van der Waals surface area contributed by atoms with Gasteiger partial charge in [-0.2, -0.15) is 0 Å². The highest BCUT2D eigenvalue weighted by atomic mass is 79.9. The first-order valence-electron chi connectivity index (χ1n) is 5.60. The first-order valence-corrected chi connectivity index (χ1v) is 6.39. The summed E-state index contributed by atoms with van der Waals surface area (Å²) in [6.45, 7) is 5.32. The largest absolute Gasteiger partial charge is 0.490 e. The van der Waals surface area contributed by atoms with Crippen molar-refractivity contribution in [3.8, 4) is 5.75 Å². The summed E-state index contributed by atoms with van der Waals surface area (Å²) in [6.07, 6.45) is 0. The molecule has 1 heterocycles. The van der Waals surface area contributed by atoms with Crippen molar-refractivity contribution in [2.75, 3.05) is 11.9 Å². The predicted molar refractivity (Wildman–Crippen MR) is 72.1 cm³/mol. The molecule has 1 aliphatic heterocycles. The van der Waals surface area contributed by atoms with Crippen LogP contribution in [0.5, 0.6) is 5.75 Å². The molecule has 2 rings (SSSR count). The van der Waals surface area contributed by atoms with Crippen LogP contribution < -0.4 is 10.1 Å². The summed E-state index contributed by atoms with van der Waals surface area (Å²) < 4.78 is 6.39. The number of ether oxygens (including phenoxy) is 1. The first kappa shape index (κ1) is 13.1. The van der Waals surface area contributed by atoms with Gasteiger partial charge >= 0.3 is 0 Å². The lowest BCUT2D eigenvalue weighted by Gasteiger charge is -2.18. The minimum Gasteiger partial charge on any atom is -0.490 e. The van der Waals surface area contributed by atoms with Crippen LogP contribution in [-0.2, 0) is 4.79 Å². The number of carbonyl (C=O) groups excluding carboxylic acids is 2. The quantitative estimate of drug-likeness (QED) is 0.811. The molecular weight excluding hydrogens is 298 g/mol. The fourth-order valence-corrected chi connectivity index (χ4v) is 2.17. The Balaban J connectivity index is 2.56. The van der Waals surface area contributed by atoms with Crippen LogP contribution in [0.25, 0.3) is 0 Å². The number of rotatable bonds is 1. The van der Waals surface area contributed by atoms with Gasteiger partial charge in [-0.25, -0.2) is 0 Å². The van der Waals surface area contributed by atoms with Gasteiger partial charge < -0.3 is 10.1 Å². The standard InChI is InChI=1S/C13H14BrNO3/c1-7(16)9-4-8(14)5-10-11(9)18-6-13(2,3)12(17)15-10/h4-5H,6H2,1-3H3,(H,15,17). The Morgan fingerprint density at radius 1 is 1.44 bits per heavy atom. The SMILES string of the molecule is CC(=O)c1cc(Br)cc2c1OCC(C)(C)C(=O)N2. The maximum absolute atomic E-state index is 12.0. The highest BCUT2D eigenvalue weighted by Gasteiger charge is 2.33. The van der Waals surface area contributed by atoms with Gasteiger partial charge in [0, 0.05) is 4.47 Å². The van der Waals surface area contributed by atoms with E-state index in [0.717, 1.165) is 4.47 Å². The Bertz CT molecular complexity index is 537. The van der Waals surface area contributed by atoms with Crippen molar-refractivity contribution < 1.29 is 14.3 Å². The number of anilines is 1. The number of ketones is 1. The van der Waals surface area contributed by atoms with Crippen molar-refractivity contribution in [1.29, 1.82) is 0 Å². The second-order valence-electron chi connectivity index (χ2n) is 5.01. The lowest BCUT2D eigenvalue weighted by atomic mass is 9.94. The summed E-state index contributed by atoms with van der Waals surface area (Å²) >= 11 is 3.32. The Morgan fingerprint density at radius 2 is 2.11 bits per heavy atom. The van der Waals surface area contributed by atoms with Crippen LogP contribution in [0.1, 0.15) is 31.1 Å². The van der Waals surface area contributed by atoms with Crippen molar-refractivity contribution in [3.63, 3.8) is 0 Å². The number of amides is 1. The van der Waals surface area contributed by atoms with Gasteiger partial charge in [0.1, 0.15) is 6.61 Å². The number of nitrogens with one attached hydrogen (secondary N) is 1. The Hall–Kier alpha value is -1.36. The summed E-state index contributed by atoms with van der Waals surface area (Å²) in [6, 6.07) is 3.44. The second-order valence-corrected chi connectivity index (χ2v) is 5.93. The molecule has 0 bridgehead atoms. The van der Waals surface area contributed by atoms with Gasteiger partial charge in [-0.1, -0.05) is 15.9 Å². The van der Waals surface area contributed by atoms with Gasteiger partial charge in [0.25, 0.3) is 0 Å². The molecule has 1 aliphatic rings. The summed E-state index contributed by atoms with van der Waals surface area (Å²) in [5, 5.41) is 2.80. The van der Waals surface area contributed by atoms with E-state index in [4.69, 9.17) is 4.74 Å². The van der Waals surface area contributed by atoms with E-state index in [1.807, 2.05) is 0 Å². The molecule has 0 fully saturated rings. The number of halogens is 1. The minimum absolute atomic E-state index is 0.0958. The van der Waals surface area contributed by atoms with Crippen molar-refractivity contribution in [3.05, 3.63) is 22.2 Å². The number of carbonyl (C=O) groups is 2. The number of Topliss-reactive ketones (excluding diaryl/α,β-unsaturated/α-hetero) is 1. The van der Waals surface area contributed by atoms with E-state index in [0.29, 0.717) is 17.0 Å². The molecule has 96 valence electrons. The van der Waals surface area contributed by atoms with E-state index in [2.05, 4.69) is 21.2 Å². The molecule has 1 N–H and O–H groups in total. The van der Waals surface area contributed by atoms with Crippen molar-refractivity contribution in [2.24, 2.45) is 5.41 Å². The number of hydrogen-bond donors (Lipinski definition) is 1. The number of hydrogen-bond acceptors (Lipinski definition) is 3. The molecule has 0 aliphatic carbocycles. The molecule has 4 nitrogen and oxygen atoms in total. The molecule has 0 aromatic heterocycles. The highest BCUT2D eigenvalue weighted by molar-refractivity contribution is 9.10. The fourth-order valence-electron chi connectivity index (χ4n) is 1.71. The topological polar surface area (TPSA) is 55.4 Å². The van der Waals surface area contributed by atoms with E-state index in [1.54, 1.807) is 26.0 Å². The van der Waals surface area contributed by atoms with Crippen LogP contribution in [0.3, 0.4) is 0 Å². The number of benzene rings is 1. The van der Waals surface area contributed by atoms with Gasteiger partial charge in [-0.05, 0) is 32.9 Å². The summed E-state index contributed by atoms with van der Waals surface area (Å²) in [5.41, 5.74) is 0.377. The van der Waals surface area contributed by atoms with Crippen molar-refractivity contribution in [1.82, 2.24) is 0 Å².